The third kappa shape index (κ3) is 5.75. The Morgan fingerprint density at radius 3 is 2.39 bits per heavy atom. The van der Waals surface area contributed by atoms with Crippen LogP contribution in [-0.4, -0.2) is 35.0 Å². The average Bonchev–Trinajstić information content (AvgIpc) is 3.68. The molecule has 2 N–H and O–H groups in total. The van der Waals surface area contributed by atoms with E-state index in [1.54, 1.807) is 11.9 Å². The number of amides is 2. The maximum atomic E-state index is 13.1. The lowest BCUT2D eigenvalue weighted by Crippen LogP contribution is -2.51. The summed E-state index contributed by atoms with van der Waals surface area (Å²) >= 11 is 1.48. The molecule has 1 aliphatic rings. The van der Waals surface area contributed by atoms with Gasteiger partial charge >= 0.3 is 0 Å². The quantitative estimate of drug-likeness (QED) is 0.349. The van der Waals surface area contributed by atoms with Crippen LogP contribution in [0.3, 0.4) is 0 Å². The Balaban J connectivity index is 1.53. The standard InChI is InChI=1S/C28H34N4O3S/c1-17(2)25(26(33)29-5)32(28(34)22-14-15-22)16-20-10-12-21(13-11-20)23-8-6-7-9-24(23)36-31-27-18(3)19(4)30-35-27/h6-13,17,22,25,31H,14-16H2,1-5H3,(H,29,33). The number of nitrogens with zero attached hydrogens (tertiary/aromatic N) is 2. The second-order valence-corrected chi connectivity index (χ2v) is 10.5. The molecular formula is C28H34N4O3S. The van der Waals surface area contributed by atoms with Gasteiger partial charge in [0.1, 0.15) is 6.04 Å². The van der Waals surface area contributed by atoms with Gasteiger partial charge in [0, 0.05) is 30.0 Å². The summed E-state index contributed by atoms with van der Waals surface area (Å²) in [4.78, 5) is 28.6. The van der Waals surface area contributed by atoms with E-state index in [-0.39, 0.29) is 23.7 Å². The first-order chi connectivity index (χ1) is 17.3. The predicted molar refractivity (Wildman–Crippen MR) is 143 cm³/mol. The molecule has 4 rings (SSSR count). The molecule has 1 saturated carbocycles. The first-order valence-corrected chi connectivity index (χ1v) is 13.2. The molecule has 3 aromatic rings. The first-order valence-electron chi connectivity index (χ1n) is 12.4. The lowest BCUT2D eigenvalue weighted by Gasteiger charge is -2.33. The lowest BCUT2D eigenvalue weighted by atomic mass is 9.99. The molecule has 36 heavy (non-hydrogen) atoms. The van der Waals surface area contributed by atoms with Crippen molar-refractivity contribution in [2.45, 2.75) is 58.0 Å². The SMILES string of the molecule is CNC(=O)C(C(C)C)N(Cc1ccc(-c2ccccc2SNc2onc(C)c2C)cc1)C(=O)C1CC1. The minimum absolute atomic E-state index is 0.0140. The van der Waals surface area contributed by atoms with Gasteiger partial charge in [-0.15, -0.1) is 0 Å². The van der Waals surface area contributed by atoms with Crippen molar-refractivity contribution in [2.24, 2.45) is 11.8 Å². The van der Waals surface area contributed by atoms with Crippen LogP contribution >= 0.6 is 11.9 Å². The van der Waals surface area contributed by atoms with Crippen molar-refractivity contribution < 1.29 is 14.1 Å². The van der Waals surface area contributed by atoms with Gasteiger partial charge in [-0.2, -0.15) is 0 Å². The zero-order chi connectivity index (χ0) is 25.8. The third-order valence-electron chi connectivity index (χ3n) is 6.61. The van der Waals surface area contributed by atoms with Crippen LogP contribution in [0.2, 0.25) is 0 Å². The fourth-order valence-corrected chi connectivity index (χ4v) is 5.06. The molecule has 2 aromatic carbocycles. The number of carbonyl (C=O) groups is 2. The van der Waals surface area contributed by atoms with Gasteiger partial charge in [-0.1, -0.05) is 61.5 Å². The minimum Gasteiger partial charge on any atom is -0.357 e. The van der Waals surface area contributed by atoms with E-state index in [0.717, 1.165) is 45.7 Å². The van der Waals surface area contributed by atoms with Gasteiger partial charge in [-0.25, -0.2) is 0 Å². The van der Waals surface area contributed by atoms with E-state index in [2.05, 4.69) is 39.5 Å². The predicted octanol–water partition coefficient (Wildman–Crippen LogP) is 5.59. The van der Waals surface area contributed by atoms with Crippen LogP contribution in [0.5, 0.6) is 0 Å². The number of hydrogen-bond donors (Lipinski definition) is 2. The summed E-state index contributed by atoms with van der Waals surface area (Å²) in [5.41, 5.74) is 5.02. The second-order valence-electron chi connectivity index (χ2n) is 9.66. The summed E-state index contributed by atoms with van der Waals surface area (Å²) in [5, 5.41) is 6.75. The molecular weight excluding hydrogens is 472 g/mol. The van der Waals surface area contributed by atoms with Crippen LogP contribution in [0.4, 0.5) is 5.88 Å². The average molecular weight is 507 g/mol. The van der Waals surface area contributed by atoms with Crippen molar-refractivity contribution >= 4 is 29.6 Å². The number of rotatable bonds is 10. The van der Waals surface area contributed by atoms with E-state index >= 15 is 0 Å². The van der Waals surface area contributed by atoms with Gasteiger partial charge in [0.05, 0.1) is 5.69 Å². The molecule has 0 spiro atoms. The van der Waals surface area contributed by atoms with Crippen LogP contribution in [0.25, 0.3) is 11.1 Å². The first kappa shape index (κ1) is 25.8. The van der Waals surface area contributed by atoms with E-state index in [4.69, 9.17) is 4.52 Å². The number of nitrogens with one attached hydrogen (secondary N) is 2. The lowest BCUT2D eigenvalue weighted by molar-refractivity contribution is -0.143. The number of anilines is 1. The van der Waals surface area contributed by atoms with E-state index in [9.17, 15) is 9.59 Å². The molecule has 0 aliphatic heterocycles. The summed E-state index contributed by atoms with van der Waals surface area (Å²) in [6.07, 6.45) is 1.81. The Labute approximate surface area is 217 Å². The summed E-state index contributed by atoms with van der Waals surface area (Å²) in [5.74, 6) is 0.667. The highest BCUT2D eigenvalue weighted by molar-refractivity contribution is 8.00. The number of hydrogen-bond acceptors (Lipinski definition) is 6. The monoisotopic (exact) mass is 506 g/mol. The molecule has 0 radical (unpaired) electrons. The third-order valence-corrected chi connectivity index (χ3v) is 7.47. The van der Waals surface area contributed by atoms with Crippen molar-refractivity contribution in [3.63, 3.8) is 0 Å². The topological polar surface area (TPSA) is 87.5 Å². The highest BCUT2D eigenvalue weighted by Gasteiger charge is 2.39. The van der Waals surface area contributed by atoms with E-state index in [0.29, 0.717) is 12.4 Å². The smallest absolute Gasteiger partial charge is 0.242 e. The van der Waals surface area contributed by atoms with Crippen LogP contribution in [0.1, 0.15) is 43.5 Å². The fraction of sp³-hybridized carbons (Fsp3) is 0.393. The van der Waals surface area contributed by atoms with Gasteiger partial charge in [0.2, 0.25) is 17.7 Å². The van der Waals surface area contributed by atoms with Crippen molar-refractivity contribution in [1.82, 2.24) is 15.4 Å². The van der Waals surface area contributed by atoms with Crippen molar-refractivity contribution in [2.75, 3.05) is 11.8 Å². The van der Waals surface area contributed by atoms with Gasteiger partial charge in [0.25, 0.3) is 0 Å². The van der Waals surface area contributed by atoms with E-state index in [1.165, 1.54) is 11.9 Å². The van der Waals surface area contributed by atoms with Crippen LogP contribution < -0.4 is 10.0 Å². The van der Waals surface area contributed by atoms with E-state index < -0.39 is 6.04 Å². The molecule has 1 atom stereocenters. The van der Waals surface area contributed by atoms with Crippen LogP contribution in [-0.2, 0) is 16.1 Å². The Morgan fingerprint density at radius 1 is 1.11 bits per heavy atom. The molecule has 7 nitrogen and oxygen atoms in total. The molecule has 0 bridgehead atoms. The summed E-state index contributed by atoms with van der Waals surface area (Å²) in [6.45, 7) is 8.28. The van der Waals surface area contributed by atoms with Crippen LogP contribution in [0, 0.1) is 25.7 Å². The number of carbonyl (C=O) groups excluding carboxylic acids is 2. The fourth-order valence-electron chi connectivity index (χ4n) is 4.22. The van der Waals surface area contributed by atoms with Gasteiger partial charge < -0.3 is 14.7 Å². The zero-order valence-electron chi connectivity index (χ0n) is 21.5. The minimum atomic E-state index is -0.492. The largest absolute Gasteiger partial charge is 0.357 e. The summed E-state index contributed by atoms with van der Waals surface area (Å²) in [7, 11) is 1.63. The number of aromatic nitrogens is 1. The second kappa shape index (κ2) is 11.2. The molecule has 2 amide bonds. The highest BCUT2D eigenvalue weighted by atomic mass is 32.2. The molecule has 1 unspecified atom stereocenters. The Kier molecular flexibility index (Phi) is 8.04. The molecule has 8 heteroatoms. The molecule has 1 fully saturated rings. The number of likely N-dealkylation sites (N-methyl/N-ethyl adjacent to an activating group) is 1. The van der Waals surface area contributed by atoms with Gasteiger partial charge in [0.15, 0.2) is 0 Å². The summed E-state index contributed by atoms with van der Waals surface area (Å²) in [6, 6.07) is 15.9. The maximum Gasteiger partial charge on any atom is 0.242 e. The van der Waals surface area contributed by atoms with Crippen molar-refractivity contribution in [3.05, 3.63) is 65.4 Å². The van der Waals surface area contributed by atoms with E-state index in [1.807, 2.05) is 52.0 Å². The molecule has 1 aromatic heterocycles. The normalized spacial score (nSPS) is 13.9. The summed E-state index contributed by atoms with van der Waals surface area (Å²) < 4.78 is 8.65. The number of benzene rings is 2. The van der Waals surface area contributed by atoms with Crippen molar-refractivity contribution in [3.8, 4) is 11.1 Å². The Bertz CT molecular complexity index is 1220. The Hall–Kier alpha value is -3.26. The number of aryl methyl sites for hydroxylation is 1. The maximum absolute atomic E-state index is 13.1. The van der Waals surface area contributed by atoms with Gasteiger partial charge in [-0.3, -0.25) is 14.3 Å². The Morgan fingerprint density at radius 2 is 1.81 bits per heavy atom. The van der Waals surface area contributed by atoms with Gasteiger partial charge in [-0.05, 0) is 67.3 Å². The molecule has 0 saturated heterocycles. The molecule has 1 heterocycles. The van der Waals surface area contributed by atoms with Crippen LogP contribution in [0.15, 0.2) is 57.9 Å². The molecule has 1 aliphatic carbocycles. The zero-order valence-corrected chi connectivity index (χ0v) is 22.3. The molecule has 190 valence electrons. The van der Waals surface area contributed by atoms with Crippen molar-refractivity contribution in [1.29, 1.82) is 0 Å². The highest BCUT2D eigenvalue weighted by Crippen LogP contribution is 2.35.